The van der Waals surface area contributed by atoms with Crippen molar-refractivity contribution in [3.63, 3.8) is 0 Å². The van der Waals surface area contributed by atoms with Crippen LogP contribution in [0.1, 0.15) is 0 Å². The lowest BCUT2D eigenvalue weighted by Gasteiger charge is -2.41. The minimum atomic E-state index is 0.120. The molecular weight excluding hydrogens is 286 g/mol. The highest BCUT2D eigenvalue weighted by molar-refractivity contribution is 7.22. The molecule has 3 heterocycles. The van der Waals surface area contributed by atoms with Gasteiger partial charge in [-0.05, 0) is 12.1 Å². The average molecular weight is 303 g/mol. The van der Waals surface area contributed by atoms with Crippen LogP contribution in [0.2, 0.25) is 0 Å². The summed E-state index contributed by atoms with van der Waals surface area (Å²) in [4.78, 5) is 21.1. The number of para-hydroxylation sites is 1. The molecule has 0 N–H and O–H groups in total. The molecule has 1 amide bonds. The van der Waals surface area contributed by atoms with Crippen molar-refractivity contribution in [2.75, 3.05) is 44.3 Å². The Morgan fingerprint density at radius 2 is 2.00 bits per heavy atom. The number of anilines is 1. The van der Waals surface area contributed by atoms with Gasteiger partial charge >= 0.3 is 0 Å². The van der Waals surface area contributed by atoms with Crippen LogP contribution in [0.4, 0.5) is 5.13 Å². The number of rotatable bonds is 2. The first-order chi connectivity index (χ1) is 10.3. The number of nitrogens with zero attached hydrogens (tertiary/aromatic N) is 3. The predicted molar refractivity (Wildman–Crippen MR) is 82.7 cm³/mol. The summed E-state index contributed by atoms with van der Waals surface area (Å²) in [5, 5.41) is 1.03. The van der Waals surface area contributed by atoms with E-state index in [4.69, 9.17) is 4.74 Å². The second-order valence-corrected chi connectivity index (χ2v) is 6.51. The van der Waals surface area contributed by atoms with Gasteiger partial charge in [0.2, 0.25) is 5.91 Å². The van der Waals surface area contributed by atoms with Gasteiger partial charge in [0.05, 0.1) is 29.3 Å². The second kappa shape index (κ2) is 5.27. The van der Waals surface area contributed by atoms with Gasteiger partial charge < -0.3 is 14.5 Å². The molecule has 0 unspecified atom stereocenters. The zero-order valence-corrected chi connectivity index (χ0v) is 12.5. The number of thiazole rings is 1. The summed E-state index contributed by atoms with van der Waals surface area (Å²) in [5.74, 6) is 0.394. The Morgan fingerprint density at radius 1 is 1.24 bits per heavy atom. The molecule has 0 spiro atoms. The van der Waals surface area contributed by atoms with E-state index in [-0.39, 0.29) is 11.8 Å². The molecule has 1 aromatic carbocycles. The monoisotopic (exact) mass is 303 g/mol. The van der Waals surface area contributed by atoms with Crippen LogP contribution in [0.3, 0.4) is 0 Å². The van der Waals surface area contributed by atoms with Gasteiger partial charge in [0.25, 0.3) is 0 Å². The number of amides is 1. The van der Waals surface area contributed by atoms with Gasteiger partial charge in [-0.2, -0.15) is 0 Å². The summed E-state index contributed by atoms with van der Waals surface area (Å²) in [6.45, 7) is 4.37. The predicted octanol–water partition coefficient (Wildman–Crippen LogP) is 1.59. The third-order valence-electron chi connectivity index (χ3n) is 4.11. The van der Waals surface area contributed by atoms with Crippen LogP contribution in [0.5, 0.6) is 0 Å². The fraction of sp³-hybridized carbons (Fsp3) is 0.467. The molecule has 0 aliphatic carbocycles. The van der Waals surface area contributed by atoms with Crippen LogP contribution >= 0.6 is 11.3 Å². The van der Waals surface area contributed by atoms with Crippen LogP contribution in [0, 0.1) is 5.92 Å². The molecule has 21 heavy (non-hydrogen) atoms. The molecule has 2 fully saturated rings. The lowest BCUT2D eigenvalue weighted by molar-refractivity contribution is -0.140. The number of morpholine rings is 1. The lowest BCUT2D eigenvalue weighted by Crippen LogP contribution is -2.56. The van der Waals surface area contributed by atoms with Gasteiger partial charge in [0, 0.05) is 26.2 Å². The molecule has 110 valence electrons. The standard InChI is InChI=1S/C15H17N3O2S/c19-14(17-5-7-20-8-6-17)11-9-18(10-11)15-16-12-3-1-2-4-13(12)21-15/h1-4,11H,5-10H2. The van der Waals surface area contributed by atoms with Crippen molar-refractivity contribution in [3.05, 3.63) is 24.3 Å². The summed E-state index contributed by atoms with van der Waals surface area (Å²) in [7, 11) is 0. The van der Waals surface area contributed by atoms with Gasteiger partial charge in [0.15, 0.2) is 5.13 Å². The van der Waals surface area contributed by atoms with Crippen molar-refractivity contribution in [2.24, 2.45) is 5.92 Å². The second-order valence-electron chi connectivity index (χ2n) is 5.50. The molecule has 2 aliphatic heterocycles. The van der Waals surface area contributed by atoms with Crippen LogP contribution < -0.4 is 4.90 Å². The van der Waals surface area contributed by atoms with E-state index in [1.807, 2.05) is 23.1 Å². The van der Waals surface area contributed by atoms with Crippen molar-refractivity contribution in [2.45, 2.75) is 0 Å². The van der Waals surface area contributed by atoms with Crippen molar-refractivity contribution < 1.29 is 9.53 Å². The van der Waals surface area contributed by atoms with Crippen molar-refractivity contribution in [1.82, 2.24) is 9.88 Å². The zero-order valence-electron chi connectivity index (χ0n) is 11.7. The quantitative estimate of drug-likeness (QED) is 0.845. The number of carbonyl (C=O) groups excluding carboxylic acids is 1. The molecule has 6 heteroatoms. The maximum absolute atomic E-state index is 12.4. The molecule has 5 nitrogen and oxygen atoms in total. The summed E-state index contributed by atoms with van der Waals surface area (Å²) in [6, 6.07) is 8.16. The highest BCUT2D eigenvalue weighted by Gasteiger charge is 2.37. The maximum atomic E-state index is 12.4. The van der Waals surface area contributed by atoms with E-state index < -0.39 is 0 Å². The first-order valence-corrected chi connectivity index (χ1v) is 8.10. The molecule has 2 aromatic rings. The molecule has 2 saturated heterocycles. The number of fused-ring (bicyclic) bond motifs is 1. The third-order valence-corrected chi connectivity index (χ3v) is 5.20. The fourth-order valence-corrected chi connectivity index (χ4v) is 3.81. The van der Waals surface area contributed by atoms with Crippen LogP contribution in [-0.2, 0) is 9.53 Å². The molecule has 0 atom stereocenters. The maximum Gasteiger partial charge on any atom is 0.229 e. The van der Waals surface area contributed by atoms with Crippen molar-refractivity contribution in [3.8, 4) is 0 Å². The minimum Gasteiger partial charge on any atom is -0.378 e. The summed E-state index contributed by atoms with van der Waals surface area (Å²) in [6.07, 6.45) is 0. The average Bonchev–Trinajstić information content (AvgIpc) is 2.90. The van der Waals surface area contributed by atoms with E-state index >= 15 is 0 Å². The smallest absolute Gasteiger partial charge is 0.229 e. The van der Waals surface area contributed by atoms with Crippen LogP contribution in [0.25, 0.3) is 10.2 Å². The first kappa shape index (κ1) is 13.0. The van der Waals surface area contributed by atoms with E-state index in [9.17, 15) is 4.79 Å². The summed E-state index contributed by atoms with van der Waals surface area (Å²) < 4.78 is 6.50. The Kier molecular flexibility index (Phi) is 3.27. The van der Waals surface area contributed by atoms with Gasteiger partial charge in [-0.3, -0.25) is 4.79 Å². The first-order valence-electron chi connectivity index (χ1n) is 7.28. The van der Waals surface area contributed by atoms with Crippen molar-refractivity contribution >= 4 is 32.6 Å². The van der Waals surface area contributed by atoms with Crippen molar-refractivity contribution in [1.29, 1.82) is 0 Å². The summed E-state index contributed by atoms with van der Waals surface area (Å²) in [5.41, 5.74) is 1.04. The Labute approximate surface area is 127 Å². The lowest BCUT2D eigenvalue weighted by atomic mass is 9.99. The molecular formula is C15H17N3O2S. The number of ether oxygens (including phenoxy) is 1. The van der Waals surface area contributed by atoms with Crippen LogP contribution in [-0.4, -0.2) is 55.2 Å². The molecule has 1 aromatic heterocycles. The van der Waals surface area contributed by atoms with E-state index in [1.54, 1.807) is 11.3 Å². The zero-order chi connectivity index (χ0) is 14.2. The molecule has 4 rings (SSSR count). The number of benzene rings is 1. The Hall–Kier alpha value is -1.66. The number of carbonyl (C=O) groups is 1. The van der Waals surface area contributed by atoms with E-state index in [0.29, 0.717) is 13.2 Å². The Morgan fingerprint density at radius 3 is 2.76 bits per heavy atom. The third kappa shape index (κ3) is 2.38. The number of hydrogen-bond acceptors (Lipinski definition) is 5. The molecule has 2 aliphatic rings. The Balaban J connectivity index is 1.41. The minimum absolute atomic E-state index is 0.120. The van der Waals surface area contributed by atoms with E-state index in [0.717, 1.165) is 36.8 Å². The molecule has 0 radical (unpaired) electrons. The normalized spacial score (nSPS) is 19.8. The van der Waals surface area contributed by atoms with E-state index in [1.165, 1.54) is 4.70 Å². The van der Waals surface area contributed by atoms with Gasteiger partial charge in [-0.25, -0.2) is 4.98 Å². The molecule has 0 bridgehead atoms. The largest absolute Gasteiger partial charge is 0.378 e. The highest BCUT2D eigenvalue weighted by Crippen LogP contribution is 2.33. The SMILES string of the molecule is O=C(C1CN(c2nc3ccccc3s2)C1)N1CCOCC1. The fourth-order valence-electron chi connectivity index (χ4n) is 2.83. The number of aromatic nitrogens is 1. The van der Waals surface area contributed by atoms with Crippen LogP contribution in [0.15, 0.2) is 24.3 Å². The Bertz CT molecular complexity index is 627. The van der Waals surface area contributed by atoms with Gasteiger partial charge in [-0.15, -0.1) is 0 Å². The van der Waals surface area contributed by atoms with Gasteiger partial charge in [-0.1, -0.05) is 23.5 Å². The summed E-state index contributed by atoms with van der Waals surface area (Å²) >= 11 is 1.70. The van der Waals surface area contributed by atoms with Gasteiger partial charge in [0.1, 0.15) is 0 Å². The number of hydrogen-bond donors (Lipinski definition) is 0. The highest BCUT2D eigenvalue weighted by atomic mass is 32.1. The van der Waals surface area contributed by atoms with E-state index in [2.05, 4.69) is 16.0 Å². The molecule has 0 saturated carbocycles. The topological polar surface area (TPSA) is 45.7 Å².